The molecule has 3 atom stereocenters. The number of halogens is 1. The molecule has 2 aliphatic rings. The summed E-state index contributed by atoms with van der Waals surface area (Å²) in [6.07, 6.45) is 6.27. The molecular weight excluding hydrogens is 310 g/mol. The second-order valence-corrected chi connectivity index (χ2v) is 6.42. The van der Waals surface area contributed by atoms with E-state index in [1.807, 2.05) is 30.5 Å². The van der Waals surface area contributed by atoms with E-state index in [0.29, 0.717) is 17.7 Å². The zero-order valence-electron chi connectivity index (χ0n) is 12.9. The van der Waals surface area contributed by atoms with Gasteiger partial charge in [-0.05, 0) is 37.4 Å². The molecule has 0 radical (unpaired) electrons. The molecule has 1 aliphatic carbocycles. The van der Waals surface area contributed by atoms with Gasteiger partial charge in [-0.25, -0.2) is 0 Å². The Morgan fingerprint density at radius 2 is 2.00 bits per heavy atom. The molecule has 122 valence electrons. The van der Waals surface area contributed by atoms with Crippen LogP contribution in [-0.2, 0) is 0 Å². The molecule has 23 heavy (non-hydrogen) atoms. The highest BCUT2D eigenvalue weighted by atomic mass is 35.5. The molecule has 2 fully saturated rings. The molecule has 0 unspecified atom stereocenters. The summed E-state index contributed by atoms with van der Waals surface area (Å²) < 4.78 is 6.41. The maximum Gasteiger partial charge on any atom is 0.127 e. The van der Waals surface area contributed by atoms with Gasteiger partial charge in [0.15, 0.2) is 0 Å². The summed E-state index contributed by atoms with van der Waals surface area (Å²) in [6, 6.07) is 10.1. The molecular formula is C18H22ClN3O. The first-order valence-electron chi connectivity index (χ1n) is 7.97. The number of para-hydroxylation sites is 1. The van der Waals surface area contributed by atoms with E-state index in [0.717, 1.165) is 42.3 Å². The highest BCUT2D eigenvalue weighted by Gasteiger charge is 2.38. The lowest BCUT2D eigenvalue weighted by atomic mass is 10.0. The Morgan fingerprint density at radius 1 is 1.13 bits per heavy atom. The first kappa shape index (κ1) is 16.1. The van der Waals surface area contributed by atoms with E-state index in [4.69, 9.17) is 10.5 Å². The number of nitrogens with one attached hydrogen (secondary N) is 1. The van der Waals surface area contributed by atoms with Gasteiger partial charge in [0.2, 0.25) is 0 Å². The van der Waals surface area contributed by atoms with Crippen molar-refractivity contribution >= 4 is 18.1 Å². The van der Waals surface area contributed by atoms with Crippen molar-refractivity contribution in [3.63, 3.8) is 0 Å². The summed E-state index contributed by atoms with van der Waals surface area (Å²) >= 11 is 0. The average molecular weight is 332 g/mol. The van der Waals surface area contributed by atoms with Crippen LogP contribution in [0.3, 0.4) is 0 Å². The van der Waals surface area contributed by atoms with Crippen LogP contribution in [-0.4, -0.2) is 24.2 Å². The summed E-state index contributed by atoms with van der Waals surface area (Å²) in [5.41, 5.74) is 8.62. The molecule has 1 saturated heterocycles. The van der Waals surface area contributed by atoms with Crippen LogP contribution in [0.5, 0.6) is 5.75 Å². The third-order valence-corrected chi connectivity index (χ3v) is 4.80. The molecule has 1 saturated carbocycles. The summed E-state index contributed by atoms with van der Waals surface area (Å²) in [5.74, 6) is 2.34. The van der Waals surface area contributed by atoms with Gasteiger partial charge in [-0.15, -0.1) is 12.4 Å². The fraction of sp³-hybridized carbons (Fsp3) is 0.389. The Kier molecular flexibility index (Phi) is 4.74. The van der Waals surface area contributed by atoms with Gasteiger partial charge >= 0.3 is 0 Å². The number of benzene rings is 1. The van der Waals surface area contributed by atoms with Crippen molar-refractivity contribution in [1.82, 2.24) is 10.3 Å². The standard InChI is InChI=1S/C18H21N3O.ClH/c19-15-7-13(9-21-11-15)16-3-1-2-4-17(16)22-18-6-12-5-14(18)10-20-8-12;/h1-4,7,9,11-12,14,18,20H,5-6,8,10,19H2;1H/t12-,14-,18+;/m1./s1. The molecule has 4 nitrogen and oxygen atoms in total. The quantitative estimate of drug-likeness (QED) is 0.907. The predicted molar refractivity (Wildman–Crippen MR) is 94.8 cm³/mol. The van der Waals surface area contributed by atoms with E-state index < -0.39 is 0 Å². The molecule has 3 N–H and O–H groups in total. The Balaban J connectivity index is 0.00000156. The minimum atomic E-state index is 0. The number of pyridine rings is 1. The monoisotopic (exact) mass is 331 g/mol. The Labute approximate surface area is 142 Å². The maximum atomic E-state index is 6.41. The van der Waals surface area contributed by atoms with Crippen LogP contribution in [0.25, 0.3) is 11.1 Å². The normalized spacial score (nSPS) is 25.7. The lowest BCUT2D eigenvalue weighted by Crippen LogP contribution is -2.34. The van der Waals surface area contributed by atoms with Gasteiger partial charge in [-0.3, -0.25) is 4.98 Å². The molecule has 1 aromatic heterocycles. The van der Waals surface area contributed by atoms with E-state index >= 15 is 0 Å². The van der Waals surface area contributed by atoms with E-state index in [9.17, 15) is 0 Å². The van der Waals surface area contributed by atoms with Crippen molar-refractivity contribution in [3.8, 4) is 16.9 Å². The lowest BCUT2D eigenvalue weighted by Gasteiger charge is -2.23. The van der Waals surface area contributed by atoms with Crippen LogP contribution in [0.1, 0.15) is 12.8 Å². The molecule has 2 bridgehead atoms. The van der Waals surface area contributed by atoms with Gasteiger partial charge in [0.05, 0.1) is 5.69 Å². The topological polar surface area (TPSA) is 60.2 Å². The van der Waals surface area contributed by atoms with Crippen LogP contribution in [0, 0.1) is 11.8 Å². The molecule has 0 spiro atoms. The van der Waals surface area contributed by atoms with Gasteiger partial charge in [0, 0.05) is 36.0 Å². The summed E-state index contributed by atoms with van der Waals surface area (Å²) in [5, 5.41) is 3.51. The summed E-state index contributed by atoms with van der Waals surface area (Å²) in [7, 11) is 0. The second kappa shape index (κ2) is 6.77. The number of ether oxygens (including phenoxy) is 1. The number of rotatable bonds is 3. The number of nitrogens with zero attached hydrogens (tertiary/aromatic N) is 1. The van der Waals surface area contributed by atoms with Gasteiger partial charge in [0.1, 0.15) is 11.9 Å². The number of nitrogen functional groups attached to an aromatic ring is 1. The van der Waals surface area contributed by atoms with Crippen LogP contribution in [0.15, 0.2) is 42.7 Å². The zero-order chi connectivity index (χ0) is 14.9. The van der Waals surface area contributed by atoms with Crippen molar-refractivity contribution in [2.45, 2.75) is 18.9 Å². The fourth-order valence-electron chi connectivity index (χ4n) is 3.77. The zero-order valence-corrected chi connectivity index (χ0v) is 13.8. The Morgan fingerprint density at radius 3 is 2.83 bits per heavy atom. The van der Waals surface area contributed by atoms with Gasteiger partial charge < -0.3 is 15.8 Å². The van der Waals surface area contributed by atoms with Crippen molar-refractivity contribution in [2.24, 2.45) is 11.8 Å². The molecule has 2 aromatic rings. The van der Waals surface area contributed by atoms with Crippen LogP contribution in [0.4, 0.5) is 5.69 Å². The summed E-state index contributed by atoms with van der Waals surface area (Å²) in [6.45, 7) is 2.21. The van der Waals surface area contributed by atoms with Gasteiger partial charge in [0.25, 0.3) is 0 Å². The minimum absolute atomic E-state index is 0. The minimum Gasteiger partial charge on any atom is -0.489 e. The molecule has 1 aromatic carbocycles. The van der Waals surface area contributed by atoms with E-state index in [-0.39, 0.29) is 12.4 Å². The van der Waals surface area contributed by atoms with E-state index in [1.54, 1.807) is 6.20 Å². The SMILES string of the molecule is Cl.Nc1cncc(-c2ccccc2O[C@H]2C[C@@H]3CNC[C@H]2C3)c1. The molecule has 4 rings (SSSR count). The second-order valence-electron chi connectivity index (χ2n) is 6.42. The number of aromatic nitrogens is 1. The number of piperidine rings is 1. The van der Waals surface area contributed by atoms with E-state index in [1.165, 1.54) is 6.42 Å². The van der Waals surface area contributed by atoms with Gasteiger partial charge in [-0.1, -0.05) is 18.2 Å². The average Bonchev–Trinajstić information content (AvgIpc) is 2.81. The number of fused-ring (bicyclic) bond motifs is 2. The number of hydrogen-bond donors (Lipinski definition) is 2. The first-order chi connectivity index (χ1) is 10.8. The largest absolute Gasteiger partial charge is 0.489 e. The van der Waals surface area contributed by atoms with Crippen LogP contribution in [0.2, 0.25) is 0 Å². The van der Waals surface area contributed by atoms with Crippen molar-refractivity contribution in [3.05, 3.63) is 42.7 Å². The molecule has 1 aliphatic heterocycles. The molecule has 2 heterocycles. The lowest BCUT2D eigenvalue weighted by molar-refractivity contribution is 0.161. The predicted octanol–water partition coefficient (Wildman–Crippen LogP) is 3.13. The first-order valence-corrected chi connectivity index (χ1v) is 7.97. The third kappa shape index (κ3) is 3.28. The highest BCUT2D eigenvalue weighted by molar-refractivity contribution is 5.85. The Hall–Kier alpha value is -1.78. The van der Waals surface area contributed by atoms with Crippen LogP contribution < -0.4 is 15.8 Å². The van der Waals surface area contributed by atoms with Crippen molar-refractivity contribution < 1.29 is 4.74 Å². The van der Waals surface area contributed by atoms with E-state index in [2.05, 4.69) is 16.4 Å². The smallest absolute Gasteiger partial charge is 0.127 e. The summed E-state index contributed by atoms with van der Waals surface area (Å²) in [4.78, 5) is 4.20. The van der Waals surface area contributed by atoms with Gasteiger partial charge in [-0.2, -0.15) is 0 Å². The third-order valence-electron chi connectivity index (χ3n) is 4.80. The Bertz CT molecular complexity index is 679. The number of hydrogen-bond acceptors (Lipinski definition) is 4. The number of nitrogens with two attached hydrogens (primary N) is 1. The molecule has 5 heteroatoms. The fourth-order valence-corrected chi connectivity index (χ4v) is 3.77. The van der Waals surface area contributed by atoms with Crippen LogP contribution >= 0.6 is 12.4 Å². The highest BCUT2D eigenvalue weighted by Crippen LogP contribution is 2.38. The molecule has 0 amide bonds. The number of anilines is 1. The maximum absolute atomic E-state index is 6.41. The van der Waals surface area contributed by atoms with Crippen molar-refractivity contribution in [1.29, 1.82) is 0 Å². The van der Waals surface area contributed by atoms with Crippen molar-refractivity contribution in [2.75, 3.05) is 18.8 Å².